The minimum absolute atomic E-state index is 0.117. The predicted molar refractivity (Wildman–Crippen MR) is 48.5 cm³/mol. The largest absolute Gasteiger partial charge is 0.481 e. The van der Waals surface area contributed by atoms with Crippen LogP contribution in [0, 0.1) is 5.92 Å². The molecule has 0 aromatic heterocycles. The Morgan fingerprint density at radius 3 is 2.54 bits per heavy atom. The zero-order chi connectivity index (χ0) is 9.84. The number of likely N-dealkylation sites (tertiary alicyclic amines) is 1. The van der Waals surface area contributed by atoms with Gasteiger partial charge in [0, 0.05) is 0 Å². The van der Waals surface area contributed by atoms with Crippen molar-refractivity contribution < 1.29 is 15.0 Å². The first-order valence-corrected chi connectivity index (χ1v) is 4.68. The zero-order valence-electron chi connectivity index (χ0n) is 7.94. The highest BCUT2D eigenvalue weighted by molar-refractivity contribution is 5.67. The normalized spacial score (nSPS) is 22.9. The molecule has 0 saturated carbocycles. The van der Waals surface area contributed by atoms with Gasteiger partial charge in [-0.25, -0.2) is 0 Å². The van der Waals surface area contributed by atoms with Gasteiger partial charge in [0.2, 0.25) is 0 Å². The van der Waals surface area contributed by atoms with Crippen molar-refractivity contribution in [1.29, 1.82) is 0 Å². The topological polar surface area (TPSA) is 60.8 Å². The van der Waals surface area contributed by atoms with E-state index >= 15 is 0 Å². The van der Waals surface area contributed by atoms with Gasteiger partial charge in [-0.1, -0.05) is 0 Å². The van der Waals surface area contributed by atoms with Gasteiger partial charge in [-0.15, -0.1) is 0 Å². The Hall–Kier alpha value is -0.610. The average molecular weight is 187 g/mol. The molecule has 0 amide bonds. The minimum Gasteiger partial charge on any atom is -0.481 e. The van der Waals surface area contributed by atoms with Crippen LogP contribution in [0.4, 0.5) is 0 Å². The highest BCUT2D eigenvalue weighted by Crippen LogP contribution is 2.21. The predicted octanol–water partition coefficient (Wildman–Crippen LogP) is 0.164. The molecule has 1 rings (SSSR count). The summed E-state index contributed by atoms with van der Waals surface area (Å²) in [6.45, 7) is 1.92. The third-order valence-electron chi connectivity index (χ3n) is 2.69. The fourth-order valence-corrected chi connectivity index (χ4v) is 1.76. The van der Waals surface area contributed by atoms with E-state index in [1.165, 1.54) is 0 Å². The lowest BCUT2D eigenvalue weighted by molar-refractivity contribution is -0.140. The molecule has 0 radical (unpaired) electrons. The van der Waals surface area contributed by atoms with Gasteiger partial charge >= 0.3 is 5.97 Å². The molecule has 0 aromatic carbocycles. The molecule has 2 N–H and O–H groups in total. The van der Waals surface area contributed by atoms with E-state index in [1.807, 2.05) is 7.05 Å². The van der Waals surface area contributed by atoms with Crippen LogP contribution >= 0.6 is 0 Å². The van der Waals surface area contributed by atoms with Gasteiger partial charge in [-0.2, -0.15) is 0 Å². The van der Waals surface area contributed by atoms with Gasteiger partial charge in [-0.05, 0) is 38.9 Å². The molecule has 0 aliphatic carbocycles. The summed E-state index contributed by atoms with van der Waals surface area (Å²) in [7, 11) is 2.04. The van der Waals surface area contributed by atoms with Crippen LogP contribution in [0.1, 0.15) is 19.3 Å². The molecule has 1 saturated heterocycles. The number of carbonyl (C=O) groups is 1. The van der Waals surface area contributed by atoms with Crippen molar-refractivity contribution >= 4 is 5.97 Å². The standard InChI is InChI=1S/C9H17NO3/c1-10-4-2-7(3-5-10)8(11)6-9(12)13/h7-8,11H,2-6H2,1H3,(H,12,13)/t8-/m1/s1. The van der Waals surface area contributed by atoms with Gasteiger partial charge in [0.25, 0.3) is 0 Å². The summed E-state index contributed by atoms with van der Waals surface area (Å²) in [5.41, 5.74) is 0. The Balaban J connectivity index is 2.31. The highest BCUT2D eigenvalue weighted by Gasteiger charge is 2.25. The van der Waals surface area contributed by atoms with Crippen LogP contribution in [-0.2, 0) is 4.79 Å². The number of aliphatic carboxylic acids is 1. The number of aliphatic hydroxyl groups is 1. The minimum atomic E-state index is -0.911. The van der Waals surface area contributed by atoms with Gasteiger partial charge in [0.15, 0.2) is 0 Å². The van der Waals surface area contributed by atoms with Gasteiger partial charge in [0.05, 0.1) is 12.5 Å². The van der Waals surface area contributed by atoms with Gasteiger partial charge in [-0.3, -0.25) is 4.79 Å². The SMILES string of the molecule is CN1CCC([C@H](O)CC(=O)O)CC1. The van der Waals surface area contributed by atoms with E-state index in [0.29, 0.717) is 0 Å². The second kappa shape index (κ2) is 4.58. The van der Waals surface area contributed by atoms with Crippen LogP contribution in [0.3, 0.4) is 0 Å². The molecule has 1 aliphatic heterocycles. The lowest BCUT2D eigenvalue weighted by Gasteiger charge is -2.31. The molecule has 1 fully saturated rings. The molecule has 0 aromatic rings. The van der Waals surface area contributed by atoms with Crippen molar-refractivity contribution in [2.75, 3.05) is 20.1 Å². The first kappa shape index (κ1) is 10.5. The van der Waals surface area contributed by atoms with Crippen LogP contribution in [0.15, 0.2) is 0 Å². The van der Waals surface area contributed by atoms with E-state index in [9.17, 15) is 9.90 Å². The summed E-state index contributed by atoms with van der Waals surface area (Å²) in [5, 5.41) is 18.0. The molecule has 4 nitrogen and oxygen atoms in total. The van der Waals surface area contributed by atoms with E-state index in [1.54, 1.807) is 0 Å². The lowest BCUT2D eigenvalue weighted by Crippen LogP contribution is -2.36. The molecule has 1 heterocycles. The smallest absolute Gasteiger partial charge is 0.305 e. The lowest BCUT2D eigenvalue weighted by atomic mass is 9.90. The number of hydrogen-bond donors (Lipinski definition) is 2. The van der Waals surface area contributed by atoms with E-state index in [-0.39, 0.29) is 12.3 Å². The third kappa shape index (κ3) is 3.32. The van der Waals surface area contributed by atoms with E-state index in [0.717, 1.165) is 25.9 Å². The fraction of sp³-hybridized carbons (Fsp3) is 0.889. The molecule has 1 atom stereocenters. The Morgan fingerprint density at radius 1 is 1.54 bits per heavy atom. The molecular formula is C9H17NO3. The summed E-state index contributed by atoms with van der Waals surface area (Å²) >= 11 is 0. The number of aliphatic hydroxyl groups excluding tert-OH is 1. The maximum absolute atomic E-state index is 10.3. The fourth-order valence-electron chi connectivity index (χ4n) is 1.76. The van der Waals surface area contributed by atoms with E-state index in [4.69, 9.17) is 5.11 Å². The van der Waals surface area contributed by atoms with Crippen molar-refractivity contribution in [2.45, 2.75) is 25.4 Å². The monoisotopic (exact) mass is 187 g/mol. The Labute approximate surface area is 78.2 Å². The quantitative estimate of drug-likeness (QED) is 0.661. The molecule has 1 aliphatic rings. The Kier molecular flexibility index (Phi) is 3.69. The molecule has 13 heavy (non-hydrogen) atoms. The number of carboxylic acids is 1. The number of piperidine rings is 1. The number of hydrogen-bond acceptors (Lipinski definition) is 3. The van der Waals surface area contributed by atoms with Gasteiger partial charge < -0.3 is 15.1 Å². The molecule has 0 bridgehead atoms. The molecule has 0 spiro atoms. The summed E-state index contributed by atoms with van der Waals surface area (Å²) in [5.74, 6) is -0.737. The van der Waals surface area contributed by atoms with Crippen molar-refractivity contribution in [2.24, 2.45) is 5.92 Å². The molecule has 4 heteroatoms. The van der Waals surface area contributed by atoms with Crippen LogP contribution in [0.2, 0.25) is 0 Å². The number of nitrogens with zero attached hydrogens (tertiary/aromatic N) is 1. The van der Waals surface area contributed by atoms with Gasteiger partial charge in [0.1, 0.15) is 0 Å². The number of rotatable bonds is 3. The van der Waals surface area contributed by atoms with Crippen LogP contribution in [0.5, 0.6) is 0 Å². The van der Waals surface area contributed by atoms with Crippen LogP contribution in [-0.4, -0.2) is 47.3 Å². The molecular weight excluding hydrogens is 170 g/mol. The summed E-state index contributed by atoms with van der Waals surface area (Å²) in [4.78, 5) is 12.5. The van der Waals surface area contributed by atoms with Crippen molar-refractivity contribution in [3.63, 3.8) is 0 Å². The first-order valence-electron chi connectivity index (χ1n) is 4.68. The molecule has 76 valence electrons. The highest BCUT2D eigenvalue weighted by atomic mass is 16.4. The Morgan fingerprint density at radius 2 is 2.08 bits per heavy atom. The summed E-state index contributed by atoms with van der Waals surface area (Å²) in [6.07, 6.45) is 1.04. The summed E-state index contributed by atoms with van der Waals surface area (Å²) < 4.78 is 0. The van der Waals surface area contributed by atoms with Crippen molar-refractivity contribution in [3.8, 4) is 0 Å². The number of carboxylic acid groups (broad SMARTS) is 1. The Bertz CT molecular complexity index is 176. The maximum Gasteiger partial charge on any atom is 0.305 e. The van der Waals surface area contributed by atoms with Crippen LogP contribution in [0.25, 0.3) is 0 Å². The maximum atomic E-state index is 10.3. The van der Waals surface area contributed by atoms with E-state index in [2.05, 4.69) is 4.90 Å². The zero-order valence-corrected chi connectivity index (χ0v) is 7.94. The van der Waals surface area contributed by atoms with Crippen molar-refractivity contribution in [3.05, 3.63) is 0 Å². The summed E-state index contributed by atoms with van der Waals surface area (Å²) in [6, 6.07) is 0. The van der Waals surface area contributed by atoms with Crippen LogP contribution < -0.4 is 0 Å². The molecule has 0 unspecified atom stereocenters. The first-order chi connectivity index (χ1) is 6.09. The average Bonchev–Trinajstić information content (AvgIpc) is 2.04. The second-order valence-electron chi connectivity index (χ2n) is 3.81. The second-order valence-corrected chi connectivity index (χ2v) is 3.81. The third-order valence-corrected chi connectivity index (χ3v) is 2.69. The van der Waals surface area contributed by atoms with E-state index < -0.39 is 12.1 Å². The van der Waals surface area contributed by atoms with Crippen molar-refractivity contribution in [1.82, 2.24) is 4.90 Å².